The number of amides is 3. The van der Waals surface area contributed by atoms with Gasteiger partial charge in [0.2, 0.25) is 5.91 Å². The topological polar surface area (TPSA) is 64.7 Å². The highest BCUT2D eigenvalue weighted by atomic mass is 32.1. The summed E-state index contributed by atoms with van der Waals surface area (Å²) in [7, 11) is 0. The van der Waals surface area contributed by atoms with Gasteiger partial charge < -0.3 is 5.32 Å². The number of hydrogen-bond donors (Lipinski definition) is 2. The normalized spacial score (nSPS) is 19.6. The molecule has 2 rings (SSSR count). The highest BCUT2D eigenvalue weighted by molar-refractivity contribution is 7.09. The molecule has 140 valence electrons. The van der Waals surface area contributed by atoms with Crippen molar-refractivity contribution in [3.05, 3.63) is 22.4 Å². The number of piperazine rings is 1. The summed E-state index contributed by atoms with van der Waals surface area (Å²) in [6, 6.07) is 2.84. The predicted octanol–water partition coefficient (Wildman–Crippen LogP) is 1.64. The Morgan fingerprint density at radius 1 is 1.36 bits per heavy atom. The summed E-state index contributed by atoms with van der Waals surface area (Å²) in [5.74, 6) is -0.472. The molecule has 0 aliphatic carbocycles. The maximum atomic E-state index is 12.5. The number of alkyl halides is 3. The van der Waals surface area contributed by atoms with E-state index in [1.165, 1.54) is 16.2 Å². The van der Waals surface area contributed by atoms with Gasteiger partial charge >= 0.3 is 12.2 Å². The molecule has 1 aromatic heterocycles. The van der Waals surface area contributed by atoms with Crippen molar-refractivity contribution in [3.63, 3.8) is 0 Å². The number of nitrogens with one attached hydrogen (secondary N) is 2. The van der Waals surface area contributed by atoms with Crippen LogP contribution in [0.3, 0.4) is 0 Å². The Kier molecular flexibility index (Phi) is 6.79. The minimum atomic E-state index is -4.23. The van der Waals surface area contributed by atoms with Gasteiger partial charge in [0, 0.05) is 30.6 Å². The van der Waals surface area contributed by atoms with Crippen LogP contribution in [0.15, 0.2) is 17.5 Å². The quantitative estimate of drug-likeness (QED) is 0.818. The number of carbonyl (C=O) groups is 2. The monoisotopic (exact) mass is 378 g/mol. The van der Waals surface area contributed by atoms with Crippen molar-refractivity contribution in [1.29, 1.82) is 0 Å². The molecule has 1 aliphatic rings. The maximum Gasteiger partial charge on any atom is 0.401 e. The Hall–Kier alpha value is -1.65. The van der Waals surface area contributed by atoms with Gasteiger partial charge in [0.05, 0.1) is 19.6 Å². The average Bonchev–Trinajstić information content (AvgIpc) is 3.00. The second kappa shape index (κ2) is 8.63. The van der Waals surface area contributed by atoms with E-state index in [1.807, 2.05) is 17.5 Å². The van der Waals surface area contributed by atoms with E-state index in [-0.39, 0.29) is 19.1 Å². The van der Waals surface area contributed by atoms with Crippen LogP contribution < -0.4 is 10.6 Å². The van der Waals surface area contributed by atoms with Crippen LogP contribution in [0.25, 0.3) is 0 Å². The van der Waals surface area contributed by atoms with Crippen LogP contribution in [0.5, 0.6) is 0 Å². The number of hydrogen-bond acceptors (Lipinski definition) is 5. The van der Waals surface area contributed by atoms with Gasteiger partial charge in [-0.1, -0.05) is 6.07 Å². The standard InChI is InChI=1S/C15H21F3N4O2S/c1-11-8-21(4-5-22(11)10-15(16,17)18)9-13(23)20-14(24)19-7-12-3-2-6-25-12/h2-3,6,11H,4-5,7-10H2,1H3,(H2,19,20,23,24)/t11-/m0/s1. The molecule has 1 fully saturated rings. The molecule has 6 nitrogen and oxygen atoms in total. The summed E-state index contributed by atoms with van der Waals surface area (Å²) in [6.45, 7) is 2.01. The lowest BCUT2D eigenvalue weighted by Gasteiger charge is -2.39. The maximum absolute atomic E-state index is 12.5. The van der Waals surface area contributed by atoms with Gasteiger partial charge in [-0.05, 0) is 18.4 Å². The van der Waals surface area contributed by atoms with E-state index >= 15 is 0 Å². The van der Waals surface area contributed by atoms with E-state index < -0.39 is 24.7 Å². The van der Waals surface area contributed by atoms with Crippen molar-refractivity contribution >= 4 is 23.3 Å². The van der Waals surface area contributed by atoms with E-state index in [1.54, 1.807) is 11.8 Å². The highest BCUT2D eigenvalue weighted by Gasteiger charge is 2.35. The third-order valence-corrected chi connectivity index (χ3v) is 4.73. The summed E-state index contributed by atoms with van der Waals surface area (Å²) in [5, 5.41) is 6.71. The number of halogens is 3. The molecule has 2 N–H and O–H groups in total. The zero-order chi connectivity index (χ0) is 18.4. The van der Waals surface area contributed by atoms with Gasteiger partial charge in [-0.3, -0.25) is 19.9 Å². The van der Waals surface area contributed by atoms with Crippen LogP contribution >= 0.6 is 11.3 Å². The smallest absolute Gasteiger partial charge is 0.333 e. The van der Waals surface area contributed by atoms with Gasteiger partial charge in [-0.2, -0.15) is 13.2 Å². The fourth-order valence-electron chi connectivity index (χ4n) is 2.67. The number of carbonyl (C=O) groups excluding carboxylic acids is 2. The number of nitrogens with zero attached hydrogens (tertiary/aromatic N) is 2. The molecule has 25 heavy (non-hydrogen) atoms. The predicted molar refractivity (Wildman–Crippen MR) is 88.2 cm³/mol. The Morgan fingerprint density at radius 2 is 2.12 bits per heavy atom. The fraction of sp³-hybridized carbons (Fsp3) is 0.600. The minimum absolute atomic E-state index is 0.0172. The first kappa shape index (κ1) is 19.7. The van der Waals surface area contributed by atoms with Crippen LogP contribution in [0.1, 0.15) is 11.8 Å². The van der Waals surface area contributed by atoms with Crippen molar-refractivity contribution < 1.29 is 22.8 Å². The Balaban J connectivity index is 1.69. The second-order valence-electron chi connectivity index (χ2n) is 5.98. The second-order valence-corrected chi connectivity index (χ2v) is 7.01. The van der Waals surface area contributed by atoms with E-state index in [0.29, 0.717) is 19.6 Å². The number of thiophene rings is 1. The van der Waals surface area contributed by atoms with Gasteiger partial charge in [0.15, 0.2) is 0 Å². The molecule has 1 aromatic rings. The third kappa shape index (κ3) is 7.00. The molecule has 0 saturated carbocycles. The van der Waals surface area contributed by atoms with Crippen molar-refractivity contribution in [1.82, 2.24) is 20.4 Å². The number of urea groups is 1. The summed E-state index contributed by atoms with van der Waals surface area (Å²) in [6.07, 6.45) is -4.23. The zero-order valence-electron chi connectivity index (χ0n) is 13.8. The molecule has 1 atom stereocenters. The van der Waals surface area contributed by atoms with Gasteiger partial charge in [-0.25, -0.2) is 4.79 Å². The summed E-state index contributed by atoms with van der Waals surface area (Å²) < 4.78 is 37.4. The molecular formula is C15H21F3N4O2S. The van der Waals surface area contributed by atoms with Crippen LogP contribution in [-0.4, -0.2) is 66.7 Å². The van der Waals surface area contributed by atoms with Gasteiger partial charge in [0.1, 0.15) is 0 Å². The molecule has 1 saturated heterocycles. The van der Waals surface area contributed by atoms with Crippen molar-refractivity contribution in [3.8, 4) is 0 Å². The third-order valence-electron chi connectivity index (χ3n) is 3.86. The van der Waals surface area contributed by atoms with Crippen molar-refractivity contribution in [2.75, 3.05) is 32.7 Å². The molecule has 10 heteroatoms. The molecule has 0 radical (unpaired) electrons. The molecular weight excluding hydrogens is 357 g/mol. The van der Waals surface area contributed by atoms with Gasteiger partial charge in [0.25, 0.3) is 0 Å². The van der Waals surface area contributed by atoms with Crippen molar-refractivity contribution in [2.45, 2.75) is 25.7 Å². The minimum Gasteiger partial charge on any atom is -0.333 e. The molecule has 2 heterocycles. The van der Waals surface area contributed by atoms with E-state index in [0.717, 1.165) is 4.88 Å². The van der Waals surface area contributed by atoms with E-state index in [4.69, 9.17) is 0 Å². The molecule has 3 amide bonds. The SMILES string of the molecule is C[C@H]1CN(CC(=O)NC(=O)NCc2cccs2)CCN1CC(F)(F)F. The fourth-order valence-corrected chi connectivity index (χ4v) is 3.32. The molecule has 0 bridgehead atoms. The molecule has 0 spiro atoms. The zero-order valence-corrected chi connectivity index (χ0v) is 14.6. The first-order valence-electron chi connectivity index (χ1n) is 7.86. The Morgan fingerprint density at radius 3 is 2.72 bits per heavy atom. The van der Waals surface area contributed by atoms with Crippen LogP contribution in [0.2, 0.25) is 0 Å². The largest absolute Gasteiger partial charge is 0.401 e. The summed E-state index contributed by atoms with van der Waals surface area (Å²) in [4.78, 5) is 27.6. The average molecular weight is 378 g/mol. The van der Waals surface area contributed by atoms with Crippen LogP contribution in [-0.2, 0) is 11.3 Å². The first-order chi connectivity index (χ1) is 11.7. The van der Waals surface area contributed by atoms with Crippen LogP contribution in [0, 0.1) is 0 Å². The Bertz CT molecular complexity index is 580. The highest BCUT2D eigenvalue weighted by Crippen LogP contribution is 2.20. The first-order valence-corrected chi connectivity index (χ1v) is 8.74. The Labute approximate surface area is 148 Å². The molecule has 0 unspecified atom stereocenters. The summed E-state index contributed by atoms with van der Waals surface area (Å²) >= 11 is 1.50. The molecule has 0 aromatic carbocycles. The number of imide groups is 1. The van der Waals surface area contributed by atoms with Crippen LogP contribution in [0.4, 0.5) is 18.0 Å². The number of rotatable bonds is 5. The summed E-state index contributed by atoms with van der Waals surface area (Å²) in [5.41, 5.74) is 0. The van der Waals surface area contributed by atoms with Gasteiger partial charge in [-0.15, -0.1) is 11.3 Å². The lowest BCUT2D eigenvalue weighted by molar-refractivity contribution is -0.155. The van der Waals surface area contributed by atoms with E-state index in [2.05, 4.69) is 10.6 Å². The van der Waals surface area contributed by atoms with Crippen molar-refractivity contribution in [2.24, 2.45) is 0 Å². The lowest BCUT2D eigenvalue weighted by atomic mass is 10.2. The molecule has 1 aliphatic heterocycles. The van der Waals surface area contributed by atoms with E-state index in [9.17, 15) is 22.8 Å². The lowest BCUT2D eigenvalue weighted by Crippen LogP contribution is -2.56.